The number of aliphatic hydroxyl groups is 1. The molecule has 1 saturated heterocycles. The summed E-state index contributed by atoms with van der Waals surface area (Å²) < 4.78 is 1.12. The third kappa shape index (κ3) is 3.21. The second-order valence-electron chi connectivity index (χ2n) is 4.57. The quantitative estimate of drug-likeness (QED) is 0.920. The number of nitrogens with zero attached hydrogens (tertiary/aromatic N) is 2. The van der Waals surface area contributed by atoms with Crippen LogP contribution in [-0.2, 0) is 0 Å². The first-order valence-corrected chi connectivity index (χ1v) is 6.81. The molecule has 2 rings (SSSR count). The highest BCUT2D eigenvalue weighted by Gasteiger charge is 2.25. The molecular formula is C13H19BrN2O. The Hall–Kier alpha value is -0.580. The zero-order chi connectivity index (χ0) is 12.3. The molecule has 0 bridgehead atoms. The molecule has 1 aromatic rings. The van der Waals surface area contributed by atoms with Crippen LogP contribution in [0.25, 0.3) is 0 Å². The van der Waals surface area contributed by atoms with E-state index in [1.165, 1.54) is 12.1 Å². The van der Waals surface area contributed by atoms with Gasteiger partial charge in [-0.3, -0.25) is 4.90 Å². The molecular weight excluding hydrogens is 280 g/mol. The number of aliphatic hydroxyl groups excluding tert-OH is 1. The predicted octanol–water partition coefficient (Wildman–Crippen LogP) is 1.95. The Bertz CT molecular complexity index is 355. The van der Waals surface area contributed by atoms with Gasteiger partial charge >= 0.3 is 0 Å². The minimum Gasteiger partial charge on any atom is -0.395 e. The van der Waals surface area contributed by atoms with Crippen LogP contribution in [0.3, 0.4) is 0 Å². The van der Waals surface area contributed by atoms with Crippen molar-refractivity contribution in [3.8, 4) is 0 Å². The molecule has 0 spiro atoms. The summed E-state index contributed by atoms with van der Waals surface area (Å²) in [5, 5.41) is 8.95. The highest BCUT2D eigenvalue weighted by Crippen LogP contribution is 2.24. The number of benzene rings is 1. The Balaban J connectivity index is 1.95. The SMILES string of the molecule is CN(CCO)C1CCN(c2ccc(Br)cc2)C1. The summed E-state index contributed by atoms with van der Waals surface area (Å²) in [6, 6.07) is 9.03. The molecule has 3 nitrogen and oxygen atoms in total. The first kappa shape index (κ1) is 12.9. The van der Waals surface area contributed by atoms with E-state index >= 15 is 0 Å². The fourth-order valence-corrected chi connectivity index (χ4v) is 2.59. The summed E-state index contributed by atoms with van der Waals surface area (Å²) in [4.78, 5) is 4.66. The fraction of sp³-hybridized carbons (Fsp3) is 0.538. The van der Waals surface area contributed by atoms with Gasteiger partial charge in [0.05, 0.1) is 6.61 Å². The molecule has 94 valence electrons. The highest BCUT2D eigenvalue weighted by atomic mass is 79.9. The van der Waals surface area contributed by atoms with Crippen LogP contribution in [0.15, 0.2) is 28.7 Å². The number of anilines is 1. The van der Waals surface area contributed by atoms with Crippen molar-refractivity contribution in [2.75, 3.05) is 38.2 Å². The molecule has 0 radical (unpaired) electrons. The van der Waals surface area contributed by atoms with E-state index in [1.807, 2.05) is 0 Å². The minimum atomic E-state index is 0.241. The van der Waals surface area contributed by atoms with Gasteiger partial charge < -0.3 is 10.0 Å². The zero-order valence-corrected chi connectivity index (χ0v) is 11.7. The largest absolute Gasteiger partial charge is 0.395 e. The molecule has 17 heavy (non-hydrogen) atoms. The number of hydrogen-bond acceptors (Lipinski definition) is 3. The number of hydrogen-bond donors (Lipinski definition) is 1. The van der Waals surface area contributed by atoms with E-state index < -0.39 is 0 Å². The Morgan fingerprint density at radius 2 is 2.12 bits per heavy atom. The van der Waals surface area contributed by atoms with E-state index in [9.17, 15) is 0 Å². The average Bonchev–Trinajstić information content (AvgIpc) is 2.80. The standard InChI is InChI=1S/C13H19BrN2O/c1-15(8-9-17)13-6-7-16(10-13)12-4-2-11(14)3-5-12/h2-5,13,17H,6-10H2,1H3. The van der Waals surface area contributed by atoms with Crippen LogP contribution in [0.1, 0.15) is 6.42 Å². The minimum absolute atomic E-state index is 0.241. The van der Waals surface area contributed by atoms with Gasteiger partial charge in [-0.1, -0.05) is 15.9 Å². The lowest BCUT2D eigenvalue weighted by Gasteiger charge is -2.24. The summed E-state index contributed by atoms with van der Waals surface area (Å²) >= 11 is 3.46. The summed E-state index contributed by atoms with van der Waals surface area (Å²) in [6.45, 7) is 3.16. The lowest BCUT2D eigenvalue weighted by atomic mass is 10.2. The monoisotopic (exact) mass is 298 g/mol. The van der Waals surface area contributed by atoms with Gasteiger partial charge in [-0.2, -0.15) is 0 Å². The van der Waals surface area contributed by atoms with Crippen molar-refractivity contribution in [1.29, 1.82) is 0 Å². The van der Waals surface area contributed by atoms with Crippen LogP contribution < -0.4 is 4.90 Å². The Labute approximate surface area is 111 Å². The van der Waals surface area contributed by atoms with Gasteiger partial charge in [-0.15, -0.1) is 0 Å². The third-order valence-corrected chi connectivity index (χ3v) is 3.96. The molecule has 4 heteroatoms. The lowest BCUT2D eigenvalue weighted by Crippen LogP contribution is -2.36. The molecule has 1 aromatic carbocycles. The molecule has 1 fully saturated rings. The maximum atomic E-state index is 8.95. The Morgan fingerprint density at radius 1 is 1.41 bits per heavy atom. The van der Waals surface area contributed by atoms with Crippen LogP contribution in [-0.4, -0.2) is 49.3 Å². The van der Waals surface area contributed by atoms with Gasteiger partial charge in [0, 0.05) is 35.8 Å². The highest BCUT2D eigenvalue weighted by molar-refractivity contribution is 9.10. The summed E-state index contributed by atoms with van der Waals surface area (Å²) in [6.07, 6.45) is 1.17. The van der Waals surface area contributed by atoms with E-state index in [-0.39, 0.29) is 6.61 Å². The van der Waals surface area contributed by atoms with Crippen LogP contribution in [0.5, 0.6) is 0 Å². The number of likely N-dealkylation sites (N-methyl/N-ethyl adjacent to an activating group) is 1. The summed E-state index contributed by atoms with van der Waals surface area (Å²) in [7, 11) is 2.09. The normalized spacial score (nSPS) is 20.2. The van der Waals surface area contributed by atoms with Crippen LogP contribution in [0.2, 0.25) is 0 Å². The van der Waals surface area contributed by atoms with Gasteiger partial charge in [0.2, 0.25) is 0 Å². The first-order valence-electron chi connectivity index (χ1n) is 6.02. The van der Waals surface area contributed by atoms with E-state index in [4.69, 9.17) is 5.11 Å². The molecule has 0 aromatic heterocycles. The van der Waals surface area contributed by atoms with Gasteiger partial charge in [-0.25, -0.2) is 0 Å². The second kappa shape index (κ2) is 5.85. The van der Waals surface area contributed by atoms with E-state index in [1.54, 1.807) is 0 Å². The third-order valence-electron chi connectivity index (χ3n) is 3.43. The second-order valence-corrected chi connectivity index (χ2v) is 5.48. The lowest BCUT2D eigenvalue weighted by molar-refractivity contribution is 0.188. The van der Waals surface area contributed by atoms with Crippen molar-refractivity contribution in [2.45, 2.75) is 12.5 Å². The number of halogens is 1. The average molecular weight is 299 g/mol. The van der Waals surface area contributed by atoms with Crippen molar-refractivity contribution in [3.63, 3.8) is 0 Å². The van der Waals surface area contributed by atoms with Crippen LogP contribution >= 0.6 is 15.9 Å². The maximum absolute atomic E-state index is 8.95. The Kier molecular flexibility index (Phi) is 4.42. The molecule has 1 atom stereocenters. The molecule has 0 aliphatic carbocycles. The maximum Gasteiger partial charge on any atom is 0.0558 e. The van der Waals surface area contributed by atoms with Crippen LogP contribution in [0.4, 0.5) is 5.69 Å². The summed E-state index contributed by atoms with van der Waals surface area (Å²) in [5.74, 6) is 0. The van der Waals surface area contributed by atoms with Gasteiger partial charge in [-0.05, 0) is 37.7 Å². The van der Waals surface area contributed by atoms with E-state index in [0.29, 0.717) is 6.04 Å². The van der Waals surface area contributed by atoms with Crippen molar-refractivity contribution in [3.05, 3.63) is 28.7 Å². The van der Waals surface area contributed by atoms with E-state index in [2.05, 4.69) is 57.0 Å². The van der Waals surface area contributed by atoms with Crippen molar-refractivity contribution in [1.82, 2.24) is 4.90 Å². The van der Waals surface area contributed by atoms with E-state index in [0.717, 1.165) is 24.1 Å². The molecule has 1 unspecified atom stereocenters. The van der Waals surface area contributed by atoms with Gasteiger partial charge in [0.15, 0.2) is 0 Å². The smallest absolute Gasteiger partial charge is 0.0558 e. The fourth-order valence-electron chi connectivity index (χ4n) is 2.33. The number of rotatable bonds is 4. The first-order chi connectivity index (χ1) is 8.20. The van der Waals surface area contributed by atoms with Crippen molar-refractivity contribution >= 4 is 21.6 Å². The molecule has 1 heterocycles. The van der Waals surface area contributed by atoms with Crippen molar-refractivity contribution < 1.29 is 5.11 Å². The molecule has 1 aliphatic heterocycles. The molecule has 0 saturated carbocycles. The van der Waals surface area contributed by atoms with Crippen LogP contribution in [0, 0.1) is 0 Å². The summed E-state index contributed by atoms with van der Waals surface area (Å²) in [5.41, 5.74) is 1.29. The van der Waals surface area contributed by atoms with Gasteiger partial charge in [0.1, 0.15) is 0 Å². The predicted molar refractivity (Wildman–Crippen MR) is 74.5 cm³/mol. The van der Waals surface area contributed by atoms with Crippen molar-refractivity contribution in [2.24, 2.45) is 0 Å². The zero-order valence-electron chi connectivity index (χ0n) is 10.1. The molecule has 0 amide bonds. The topological polar surface area (TPSA) is 26.7 Å². The Morgan fingerprint density at radius 3 is 2.76 bits per heavy atom. The molecule has 1 aliphatic rings. The molecule has 1 N–H and O–H groups in total. The van der Waals surface area contributed by atoms with Gasteiger partial charge in [0.25, 0.3) is 0 Å².